The first-order valence-corrected chi connectivity index (χ1v) is 8.93. The summed E-state index contributed by atoms with van der Waals surface area (Å²) in [7, 11) is 0. The number of anilines is 1. The molecular weight excluding hydrogens is 338 g/mol. The molecule has 0 saturated carbocycles. The molecule has 0 N–H and O–H groups in total. The molecule has 1 amide bonds. The first-order valence-electron chi connectivity index (χ1n) is 8.55. The molecule has 25 heavy (non-hydrogen) atoms. The second-order valence-electron chi connectivity index (χ2n) is 6.55. The van der Waals surface area contributed by atoms with Crippen LogP contribution in [-0.2, 0) is 22.6 Å². The van der Waals surface area contributed by atoms with Crippen molar-refractivity contribution in [3.8, 4) is 0 Å². The Morgan fingerprint density at radius 2 is 1.96 bits per heavy atom. The number of nitrogens with zero attached hydrogens (tertiary/aromatic N) is 3. The number of aromatic nitrogens is 2. The number of ketones is 1. The highest BCUT2D eigenvalue weighted by Gasteiger charge is 2.24. The SMILES string of the molecule is Cc1cc2n(n1)CCCN2C(=O)CCC(=O)Cc1ccc(Cl)cc1C. The van der Waals surface area contributed by atoms with E-state index in [1.54, 1.807) is 11.0 Å². The van der Waals surface area contributed by atoms with Crippen molar-refractivity contribution in [2.24, 2.45) is 0 Å². The van der Waals surface area contributed by atoms with Gasteiger partial charge in [-0.3, -0.25) is 14.5 Å². The van der Waals surface area contributed by atoms with Gasteiger partial charge in [-0.15, -0.1) is 0 Å². The molecule has 0 radical (unpaired) electrons. The van der Waals surface area contributed by atoms with Gasteiger partial charge in [0.05, 0.1) is 5.69 Å². The molecule has 0 fully saturated rings. The lowest BCUT2D eigenvalue weighted by Crippen LogP contribution is -2.37. The van der Waals surface area contributed by atoms with Crippen molar-refractivity contribution in [3.05, 3.63) is 46.1 Å². The Hall–Kier alpha value is -2.14. The van der Waals surface area contributed by atoms with Gasteiger partial charge in [-0.05, 0) is 43.5 Å². The number of aryl methyl sites for hydroxylation is 3. The molecule has 3 rings (SSSR count). The van der Waals surface area contributed by atoms with Crippen LogP contribution in [0.15, 0.2) is 24.3 Å². The monoisotopic (exact) mass is 359 g/mol. The van der Waals surface area contributed by atoms with E-state index in [1.807, 2.05) is 36.7 Å². The molecule has 0 aliphatic carbocycles. The van der Waals surface area contributed by atoms with Gasteiger partial charge in [0.2, 0.25) is 5.91 Å². The van der Waals surface area contributed by atoms with Gasteiger partial charge in [0.15, 0.2) is 0 Å². The number of hydrogen-bond acceptors (Lipinski definition) is 3. The number of benzene rings is 1. The maximum absolute atomic E-state index is 12.6. The van der Waals surface area contributed by atoms with Crippen LogP contribution in [0, 0.1) is 13.8 Å². The van der Waals surface area contributed by atoms with E-state index in [2.05, 4.69) is 5.10 Å². The summed E-state index contributed by atoms with van der Waals surface area (Å²) < 4.78 is 1.87. The maximum atomic E-state index is 12.6. The summed E-state index contributed by atoms with van der Waals surface area (Å²) in [6.07, 6.45) is 1.71. The predicted octanol–water partition coefficient (Wildman–Crippen LogP) is 3.48. The second-order valence-corrected chi connectivity index (χ2v) is 6.99. The molecule has 6 heteroatoms. The molecule has 132 valence electrons. The maximum Gasteiger partial charge on any atom is 0.228 e. The highest BCUT2D eigenvalue weighted by Crippen LogP contribution is 2.23. The average molecular weight is 360 g/mol. The Morgan fingerprint density at radius 1 is 1.16 bits per heavy atom. The summed E-state index contributed by atoms with van der Waals surface area (Å²) in [6.45, 7) is 5.39. The van der Waals surface area contributed by atoms with Crippen LogP contribution < -0.4 is 4.90 Å². The van der Waals surface area contributed by atoms with E-state index < -0.39 is 0 Å². The topological polar surface area (TPSA) is 55.2 Å². The zero-order chi connectivity index (χ0) is 18.0. The van der Waals surface area contributed by atoms with E-state index in [-0.39, 0.29) is 24.5 Å². The molecular formula is C19H22ClN3O2. The van der Waals surface area contributed by atoms with Gasteiger partial charge in [-0.2, -0.15) is 5.10 Å². The van der Waals surface area contributed by atoms with Crippen LogP contribution in [0.25, 0.3) is 0 Å². The molecule has 1 aliphatic rings. The third-order valence-corrected chi connectivity index (χ3v) is 4.76. The van der Waals surface area contributed by atoms with Crippen molar-refractivity contribution >= 4 is 29.1 Å². The predicted molar refractivity (Wildman–Crippen MR) is 98.1 cm³/mol. The Balaban J connectivity index is 1.58. The Morgan fingerprint density at radius 3 is 2.72 bits per heavy atom. The van der Waals surface area contributed by atoms with E-state index in [1.165, 1.54) is 0 Å². The third kappa shape index (κ3) is 4.10. The van der Waals surface area contributed by atoms with Crippen molar-refractivity contribution in [2.75, 3.05) is 11.4 Å². The third-order valence-electron chi connectivity index (χ3n) is 4.52. The number of halogens is 1. The lowest BCUT2D eigenvalue weighted by atomic mass is 10.0. The summed E-state index contributed by atoms with van der Waals surface area (Å²) in [5.74, 6) is 0.900. The zero-order valence-corrected chi connectivity index (χ0v) is 15.3. The zero-order valence-electron chi connectivity index (χ0n) is 14.6. The quantitative estimate of drug-likeness (QED) is 0.821. The Bertz CT molecular complexity index is 813. The Kier molecular flexibility index (Phi) is 5.23. The van der Waals surface area contributed by atoms with Crippen LogP contribution in [0.5, 0.6) is 0 Å². The average Bonchev–Trinajstić information content (AvgIpc) is 2.95. The number of rotatable bonds is 5. The van der Waals surface area contributed by atoms with E-state index in [0.29, 0.717) is 18.0 Å². The highest BCUT2D eigenvalue weighted by atomic mass is 35.5. The molecule has 0 unspecified atom stereocenters. The number of fused-ring (bicyclic) bond motifs is 1. The fourth-order valence-corrected chi connectivity index (χ4v) is 3.43. The van der Waals surface area contributed by atoms with Gasteiger partial charge in [0.25, 0.3) is 0 Å². The number of amides is 1. The van der Waals surface area contributed by atoms with Gasteiger partial charge in [0, 0.05) is 43.4 Å². The van der Waals surface area contributed by atoms with Crippen LogP contribution in [0.2, 0.25) is 5.02 Å². The fourth-order valence-electron chi connectivity index (χ4n) is 3.20. The molecule has 2 aromatic rings. The van der Waals surface area contributed by atoms with Crippen LogP contribution in [-0.4, -0.2) is 28.0 Å². The highest BCUT2D eigenvalue weighted by molar-refractivity contribution is 6.30. The van der Waals surface area contributed by atoms with Crippen molar-refractivity contribution in [1.82, 2.24) is 9.78 Å². The molecule has 1 aromatic heterocycles. The van der Waals surface area contributed by atoms with E-state index >= 15 is 0 Å². The minimum Gasteiger partial charge on any atom is -0.299 e. The van der Waals surface area contributed by atoms with Gasteiger partial charge in [-0.1, -0.05) is 17.7 Å². The van der Waals surface area contributed by atoms with Gasteiger partial charge < -0.3 is 0 Å². The van der Waals surface area contributed by atoms with Crippen molar-refractivity contribution in [3.63, 3.8) is 0 Å². The van der Waals surface area contributed by atoms with Crippen LogP contribution >= 0.6 is 11.6 Å². The molecule has 2 heterocycles. The number of Topliss-reactive ketones (excluding diaryl/α,β-unsaturated/α-hetero) is 1. The molecule has 5 nitrogen and oxygen atoms in total. The molecule has 0 bridgehead atoms. The molecule has 1 aromatic carbocycles. The van der Waals surface area contributed by atoms with Gasteiger partial charge in [0.1, 0.15) is 11.6 Å². The minimum absolute atomic E-state index is 0.0120. The van der Waals surface area contributed by atoms with Crippen molar-refractivity contribution < 1.29 is 9.59 Å². The summed E-state index contributed by atoms with van der Waals surface area (Å²) >= 11 is 5.94. The smallest absolute Gasteiger partial charge is 0.228 e. The van der Waals surface area contributed by atoms with E-state index in [0.717, 1.165) is 35.6 Å². The summed E-state index contributed by atoms with van der Waals surface area (Å²) in [5.41, 5.74) is 2.88. The normalized spacial score (nSPS) is 13.6. The summed E-state index contributed by atoms with van der Waals surface area (Å²) in [4.78, 5) is 26.6. The number of hydrogen-bond donors (Lipinski definition) is 0. The second kappa shape index (κ2) is 7.40. The first kappa shape index (κ1) is 17.7. The Labute approximate surface area is 152 Å². The number of carbonyl (C=O) groups is 2. The van der Waals surface area contributed by atoms with Crippen molar-refractivity contribution in [1.29, 1.82) is 0 Å². The lowest BCUT2D eigenvalue weighted by Gasteiger charge is -2.27. The lowest BCUT2D eigenvalue weighted by molar-refractivity contribution is -0.123. The standard InChI is InChI=1S/C19H22ClN3O2/c1-13-10-16(20)5-4-15(13)12-17(24)6-7-19(25)22-8-3-9-23-18(22)11-14(2)21-23/h4-5,10-11H,3,6-9,12H2,1-2H3. The van der Waals surface area contributed by atoms with E-state index in [4.69, 9.17) is 11.6 Å². The molecule has 1 aliphatic heterocycles. The molecule has 0 spiro atoms. The first-order chi connectivity index (χ1) is 11.9. The van der Waals surface area contributed by atoms with Crippen molar-refractivity contribution in [2.45, 2.75) is 46.1 Å². The van der Waals surface area contributed by atoms with Gasteiger partial charge in [-0.25, -0.2) is 4.68 Å². The molecule has 0 saturated heterocycles. The summed E-state index contributed by atoms with van der Waals surface area (Å²) in [6, 6.07) is 7.45. The van der Waals surface area contributed by atoms with Crippen LogP contribution in [0.3, 0.4) is 0 Å². The van der Waals surface area contributed by atoms with E-state index in [9.17, 15) is 9.59 Å². The number of carbonyl (C=O) groups excluding carboxylic acids is 2. The molecule has 0 atom stereocenters. The summed E-state index contributed by atoms with van der Waals surface area (Å²) in [5, 5.41) is 5.06. The largest absolute Gasteiger partial charge is 0.299 e. The fraction of sp³-hybridized carbons (Fsp3) is 0.421. The van der Waals surface area contributed by atoms with Crippen LogP contribution in [0.4, 0.5) is 5.82 Å². The minimum atomic E-state index is -0.0120. The van der Waals surface area contributed by atoms with Crippen LogP contribution in [0.1, 0.15) is 36.1 Å². The van der Waals surface area contributed by atoms with Gasteiger partial charge >= 0.3 is 0 Å².